The van der Waals surface area contributed by atoms with Gasteiger partial charge in [-0.25, -0.2) is 4.98 Å². The number of aromatic nitrogens is 2. The zero-order valence-corrected chi connectivity index (χ0v) is 10.1. The summed E-state index contributed by atoms with van der Waals surface area (Å²) in [4.78, 5) is 4.50. The number of rotatable bonds is 2. The predicted octanol–water partition coefficient (Wildman–Crippen LogP) is 1.30. The van der Waals surface area contributed by atoms with Crippen LogP contribution in [0.3, 0.4) is 0 Å². The van der Waals surface area contributed by atoms with E-state index >= 15 is 0 Å². The van der Waals surface area contributed by atoms with Crippen molar-refractivity contribution in [3.05, 3.63) is 17.7 Å². The number of nitrogens with zero attached hydrogens (tertiary/aromatic N) is 2. The molecule has 2 atom stereocenters. The zero-order chi connectivity index (χ0) is 11.7. The molecule has 4 heteroatoms. The summed E-state index contributed by atoms with van der Waals surface area (Å²) in [6, 6.07) is 0. The minimum absolute atomic E-state index is 0.206. The predicted molar refractivity (Wildman–Crippen MR) is 63.8 cm³/mol. The average Bonchev–Trinajstić information content (AvgIpc) is 2.73. The molecule has 0 radical (unpaired) electrons. The fourth-order valence-corrected chi connectivity index (χ4v) is 2.83. The van der Waals surface area contributed by atoms with Crippen LogP contribution in [0.1, 0.15) is 37.2 Å². The standard InChI is InChI=1S/C13H20N2O2/c16-11-5-4-10-8-14-13(15(10)9-11)7-12-3-1-2-6-17-12/h8,11-12,16H,1-7,9H2. The van der Waals surface area contributed by atoms with Crippen LogP contribution < -0.4 is 0 Å². The molecule has 1 N–H and O–H groups in total. The Bertz CT molecular complexity index is 383. The maximum absolute atomic E-state index is 9.72. The molecule has 2 aliphatic rings. The molecule has 0 saturated carbocycles. The van der Waals surface area contributed by atoms with Crippen LogP contribution in [0.2, 0.25) is 0 Å². The van der Waals surface area contributed by atoms with E-state index in [1.54, 1.807) is 0 Å². The van der Waals surface area contributed by atoms with Gasteiger partial charge >= 0.3 is 0 Å². The second-order valence-corrected chi connectivity index (χ2v) is 5.16. The summed E-state index contributed by atoms with van der Waals surface area (Å²) in [5.41, 5.74) is 1.26. The highest BCUT2D eigenvalue weighted by Crippen LogP contribution is 2.21. The van der Waals surface area contributed by atoms with Crippen molar-refractivity contribution in [1.29, 1.82) is 0 Å². The molecular weight excluding hydrogens is 216 g/mol. The number of hydrogen-bond acceptors (Lipinski definition) is 3. The second kappa shape index (κ2) is 4.78. The van der Waals surface area contributed by atoms with Crippen molar-refractivity contribution in [2.75, 3.05) is 6.61 Å². The molecule has 1 saturated heterocycles. The van der Waals surface area contributed by atoms with E-state index in [9.17, 15) is 5.11 Å². The van der Waals surface area contributed by atoms with E-state index in [0.717, 1.165) is 38.1 Å². The maximum atomic E-state index is 9.72. The summed E-state index contributed by atoms with van der Waals surface area (Å²) in [5.74, 6) is 1.09. The zero-order valence-electron chi connectivity index (χ0n) is 10.1. The molecule has 0 spiro atoms. The van der Waals surface area contributed by atoms with E-state index in [2.05, 4.69) is 9.55 Å². The Labute approximate surface area is 102 Å². The smallest absolute Gasteiger partial charge is 0.111 e. The summed E-state index contributed by atoms with van der Waals surface area (Å²) in [6.07, 6.45) is 8.39. The SMILES string of the molecule is OC1CCc2cnc(CC3CCCCO3)n2C1. The van der Waals surface area contributed by atoms with Crippen LogP contribution in [0, 0.1) is 0 Å². The molecule has 3 heterocycles. The minimum Gasteiger partial charge on any atom is -0.391 e. The summed E-state index contributed by atoms with van der Waals surface area (Å²) in [7, 11) is 0. The first kappa shape index (κ1) is 11.2. The van der Waals surface area contributed by atoms with Gasteiger partial charge in [-0.15, -0.1) is 0 Å². The van der Waals surface area contributed by atoms with Gasteiger partial charge in [-0.05, 0) is 32.1 Å². The fourth-order valence-electron chi connectivity index (χ4n) is 2.83. The number of aliphatic hydroxyl groups is 1. The van der Waals surface area contributed by atoms with Gasteiger partial charge in [0, 0.05) is 24.9 Å². The second-order valence-electron chi connectivity index (χ2n) is 5.16. The minimum atomic E-state index is -0.206. The Morgan fingerprint density at radius 3 is 3.18 bits per heavy atom. The van der Waals surface area contributed by atoms with Crippen molar-refractivity contribution < 1.29 is 9.84 Å². The topological polar surface area (TPSA) is 47.3 Å². The molecular formula is C13H20N2O2. The Balaban J connectivity index is 1.72. The van der Waals surface area contributed by atoms with Gasteiger partial charge in [0.25, 0.3) is 0 Å². The number of fused-ring (bicyclic) bond motifs is 1. The van der Waals surface area contributed by atoms with Crippen LogP contribution >= 0.6 is 0 Å². The molecule has 1 aromatic rings. The average molecular weight is 236 g/mol. The van der Waals surface area contributed by atoms with Crippen LogP contribution in [-0.2, 0) is 24.1 Å². The third-order valence-corrected chi connectivity index (χ3v) is 3.83. The lowest BCUT2D eigenvalue weighted by Crippen LogP contribution is -2.28. The number of aryl methyl sites for hydroxylation is 1. The van der Waals surface area contributed by atoms with Gasteiger partial charge in [-0.3, -0.25) is 0 Å². The van der Waals surface area contributed by atoms with Crippen LogP contribution in [0.25, 0.3) is 0 Å². The summed E-state index contributed by atoms with van der Waals surface area (Å²) in [5, 5.41) is 9.72. The number of aliphatic hydroxyl groups excluding tert-OH is 1. The molecule has 94 valence electrons. The van der Waals surface area contributed by atoms with Crippen molar-refractivity contribution in [1.82, 2.24) is 9.55 Å². The molecule has 0 aromatic carbocycles. The molecule has 0 bridgehead atoms. The lowest BCUT2D eigenvalue weighted by molar-refractivity contribution is 0.0146. The van der Waals surface area contributed by atoms with Crippen LogP contribution in [-0.4, -0.2) is 33.5 Å². The van der Waals surface area contributed by atoms with E-state index in [1.807, 2.05) is 6.20 Å². The number of hydrogen-bond donors (Lipinski definition) is 1. The first-order valence-electron chi connectivity index (χ1n) is 6.66. The third kappa shape index (κ3) is 2.38. The van der Waals surface area contributed by atoms with Crippen molar-refractivity contribution in [3.8, 4) is 0 Å². The molecule has 2 unspecified atom stereocenters. The molecule has 0 amide bonds. The Kier molecular flexibility index (Phi) is 3.16. The lowest BCUT2D eigenvalue weighted by Gasteiger charge is -2.25. The van der Waals surface area contributed by atoms with Crippen molar-refractivity contribution in [2.45, 2.75) is 57.3 Å². The normalized spacial score (nSPS) is 29.0. The summed E-state index contributed by atoms with van der Waals surface area (Å²) < 4.78 is 7.94. The lowest BCUT2D eigenvalue weighted by atomic mass is 10.1. The van der Waals surface area contributed by atoms with Crippen molar-refractivity contribution >= 4 is 0 Å². The third-order valence-electron chi connectivity index (χ3n) is 3.83. The molecule has 1 fully saturated rings. The molecule has 3 rings (SSSR count). The molecule has 1 aromatic heterocycles. The first-order valence-corrected chi connectivity index (χ1v) is 6.66. The monoisotopic (exact) mass is 236 g/mol. The number of imidazole rings is 1. The van der Waals surface area contributed by atoms with Gasteiger partial charge in [0.05, 0.1) is 18.8 Å². The number of ether oxygens (including phenoxy) is 1. The van der Waals surface area contributed by atoms with Gasteiger partial charge < -0.3 is 14.4 Å². The molecule has 2 aliphatic heterocycles. The van der Waals surface area contributed by atoms with Crippen LogP contribution in [0.5, 0.6) is 0 Å². The highest BCUT2D eigenvalue weighted by molar-refractivity contribution is 5.09. The van der Waals surface area contributed by atoms with Gasteiger partial charge in [0.1, 0.15) is 5.82 Å². The van der Waals surface area contributed by atoms with Crippen molar-refractivity contribution in [2.24, 2.45) is 0 Å². The van der Waals surface area contributed by atoms with Gasteiger partial charge in [-0.2, -0.15) is 0 Å². The molecule has 17 heavy (non-hydrogen) atoms. The van der Waals surface area contributed by atoms with Crippen LogP contribution in [0.4, 0.5) is 0 Å². The van der Waals surface area contributed by atoms with E-state index in [-0.39, 0.29) is 6.10 Å². The van der Waals surface area contributed by atoms with E-state index in [1.165, 1.54) is 18.5 Å². The maximum Gasteiger partial charge on any atom is 0.111 e. The highest BCUT2D eigenvalue weighted by atomic mass is 16.5. The van der Waals surface area contributed by atoms with Crippen LogP contribution in [0.15, 0.2) is 6.20 Å². The molecule has 0 aliphatic carbocycles. The summed E-state index contributed by atoms with van der Waals surface area (Å²) >= 11 is 0. The van der Waals surface area contributed by atoms with Gasteiger partial charge in [0.15, 0.2) is 0 Å². The van der Waals surface area contributed by atoms with Crippen molar-refractivity contribution in [3.63, 3.8) is 0 Å². The Morgan fingerprint density at radius 2 is 2.35 bits per heavy atom. The van der Waals surface area contributed by atoms with E-state index < -0.39 is 0 Å². The quantitative estimate of drug-likeness (QED) is 0.842. The van der Waals surface area contributed by atoms with Gasteiger partial charge in [0.2, 0.25) is 0 Å². The fraction of sp³-hybridized carbons (Fsp3) is 0.769. The Hall–Kier alpha value is -0.870. The Morgan fingerprint density at radius 1 is 1.41 bits per heavy atom. The van der Waals surface area contributed by atoms with Gasteiger partial charge in [-0.1, -0.05) is 0 Å². The first-order chi connectivity index (χ1) is 8.33. The van der Waals surface area contributed by atoms with E-state index in [0.29, 0.717) is 12.6 Å². The summed E-state index contributed by atoms with van der Waals surface area (Å²) in [6.45, 7) is 1.60. The molecule has 4 nitrogen and oxygen atoms in total. The van der Waals surface area contributed by atoms with E-state index in [4.69, 9.17) is 4.74 Å². The largest absolute Gasteiger partial charge is 0.391 e. The highest BCUT2D eigenvalue weighted by Gasteiger charge is 2.22.